The number of nitrogens with zero attached hydrogens (tertiary/aromatic N) is 2. The summed E-state index contributed by atoms with van der Waals surface area (Å²) in [5, 5.41) is 4.45. The highest BCUT2D eigenvalue weighted by molar-refractivity contribution is 5.96. The zero-order valence-corrected chi connectivity index (χ0v) is 12.4. The van der Waals surface area contributed by atoms with Gasteiger partial charge >= 0.3 is 0 Å². The van der Waals surface area contributed by atoms with Crippen molar-refractivity contribution in [2.24, 2.45) is 0 Å². The van der Waals surface area contributed by atoms with Crippen molar-refractivity contribution >= 4 is 5.78 Å². The number of ether oxygens (including phenoxy) is 1. The molecule has 2 rings (SSSR count). The van der Waals surface area contributed by atoms with Crippen LogP contribution in [-0.2, 0) is 13.0 Å². The Bertz CT molecular complexity index is 612. The first-order valence-corrected chi connectivity index (χ1v) is 6.77. The molecule has 0 bridgehead atoms. The Morgan fingerprint density at radius 1 is 1.25 bits per heavy atom. The molecule has 106 valence electrons. The number of Topliss-reactive ketones (excluding diaryl/α,β-unsaturated/α-hetero) is 1. The minimum Gasteiger partial charge on any atom is -0.497 e. The van der Waals surface area contributed by atoms with Gasteiger partial charge in [-0.25, -0.2) is 0 Å². The number of rotatable bonds is 5. The van der Waals surface area contributed by atoms with Gasteiger partial charge in [0.25, 0.3) is 0 Å². The van der Waals surface area contributed by atoms with Crippen LogP contribution in [0.15, 0.2) is 24.3 Å². The summed E-state index contributed by atoms with van der Waals surface area (Å²) in [6.45, 7) is 6.38. The molecule has 0 unspecified atom stereocenters. The average Bonchev–Trinajstić information content (AvgIpc) is 2.73. The van der Waals surface area contributed by atoms with E-state index < -0.39 is 0 Å². The minimum absolute atomic E-state index is 0.0564. The third-order valence-corrected chi connectivity index (χ3v) is 3.59. The Kier molecular flexibility index (Phi) is 4.23. The third-order valence-electron chi connectivity index (χ3n) is 3.59. The van der Waals surface area contributed by atoms with E-state index in [1.165, 1.54) is 5.56 Å². The molecule has 0 saturated heterocycles. The average molecular weight is 272 g/mol. The maximum atomic E-state index is 12.3. The molecule has 0 saturated carbocycles. The summed E-state index contributed by atoms with van der Waals surface area (Å²) in [5.41, 5.74) is 3.99. The number of carbonyl (C=O) groups excluding carboxylic acids is 1. The first kappa shape index (κ1) is 14.3. The zero-order valence-electron chi connectivity index (χ0n) is 12.4. The molecule has 0 aliphatic rings. The molecule has 0 N–H and O–H groups in total. The van der Waals surface area contributed by atoms with E-state index in [0.717, 1.165) is 23.6 Å². The molecule has 4 nitrogen and oxygen atoms in total. The molecular formula is C16H20N2O2. The normalized spacial score (nSPS) is 10.6. The van der Waals surface area contributed by atoms with E-state index in [4.69, 9.17) is 4.74 Å². The van der Waals surface area contributed by atoms with Crippen LogP contribution in [0.1, 0.15) is 34.2 Å². The molecule has 2 aromatic rings. The Morgan fingerprint density at radius 2 is 1.90 bits per heavy atom. The predicted octanol–water partition coefficient (Wildman–Crippen LogP) is 2.95. The zero-order chi connectivity index (χ0) is 14.7. The van der Waals surface area contributed by atoms with Crippen LogP contribution in [0.25, 0.3) is 0 Å². The second kappa shape index (κ2) is 5.90. The molecule has 1 aromatic heterocycles. The maximum Gasteiger partial charge on any atom is 0.184 e. The van der Waals surface area contributed by atoms with Gasteiger partial charge in [-0.1, -0.05) is 6.92 Å². The lowest BCUT2D eigenvalue weighted by atomic mass is 10.1. The molecule has 0 amide bonds. The monoisotopic (exact) mass is 272 g/mol. The lowest BCUT2D eigenvalue weighted by Crippen LogP contribution is -2.13. The largest absolute Gasteiger partial charge is 0.497 e. The van der Waals surface area contributed by atoms with E-state index in [0.29, 0.717) is 5.56 Å². The van der Waals surface area contributed by atoms with Crippen LogP contribution in [-0.4, -0.2) is 22.7 Å². The maximum absolute atomic E-state index is 12.3. The van der Waals surface area contributed by atoms with Crippen molar-refractivity contribution in [2.45, 2.75) is 33.7 Å². The molecule has 0 fully saturated rings. The van der Waals surface area contributed by atoms with E-state index >= 15 is 0 Å². The van der Waals surface area contributed by atoms with Gasteiger partial charge in [0.1, 0.15) is 12.3 Å². The fourth-order valence-corrected chi connectivity index (χ4v) is 2.40. The number of ketones is 1. The third kappa shape index (κ3) is 2.74. The first-order valence-electron chi connectivity index (χ1n) is 6.77. The lowest BCUT2D eigenvalue weighted by Gasteiger charge is -2.05. The fourth-order valence-electron chi connectivity index (χ4n) is 2.40. The molecule has 0 radical (unpaired) electrons. The molecule has 1 heterocycles. The summed E-state index contributed by atoms with van der Waals surface area (Å²) in [7, 11) is 1.61. The van der Waals surface area contributed by atoms with Crippen molar-refractivity contribution in [2.75, 3.05) is 7.11 Å². The van der Waals surface area contributed by atoms with Gasteiger partial charge < -0.3 is 4.74 Å². The number of aryl methyl sites for hydroxylation is 1. The Morgan fingerprint density at radius 3 is 2.40 bits per heavy atom. The predicted molar refractivity (Wildman–Crippen MR) is 78.4 cm³/mol. The summed E-state index contributed by atoms with van der Waals surface area (Å²) in [6.07, 6.45) is 0.939. The van der Waals surface area contributed by atoms with Crippen LogP contribution < -0.4 is 4.74 Å². The second-order valence-electron chi connectivity index (χ2n) is 4.81. The van der Waals surface area contributed by atoms with Crippen LogP contribution in [0.3, 0.4) is 0 Å². The lowest BCUT2D eigenvalue weighted by molar-refractivity contribution is 0.0966. The van der Waals surface area contributed by atoms with E-state index in [9.17, 15) is 4.79 Å². The number of hydrogen-bond donors (Lipinski definition) is 0. The van der Waals surface area contributed by atoms with Crippen LogP contribution in [0.4, 0.5) is 0 Å². The summed E-state index contributed by atoms with van der Waals surface area (Å²) in [6, 6.07) is 7.17. The molecule has 4 heteroatoms. The summed E-state index contributed by atoms with van der Waals surface area (Å²) >= 11 is 0. The highest BCUT2D eigenvalue weighted by Crippen LogP contribution is 2.16. The number of methoxy groups -OCH3 is 1. The second-order valence-corrected chi connectivity index (χ2v) is 4.81. The van der Waals surface area contributed by atoms with E-state index in [-0.39, 0.29) is 12.3 Å². The fraction of sp³-hybridized carbons (Fsp3) is 0.375. The SMILES string of the molecule is CCc1c(C)nn(CC(=O)c2ccc(OC)cc2)c1C. The van der Waals surface area contributed by atoms with Gasteiger partial charge in [-0.05, 0) is 50.1 Å². The molecule has 0 atom stereocenters. The first-order chi connectivity index (χ1) is 9.56. The van der Waals surface area contributed by atoms with Gasteiger partial charge in [-0.15, -0.1) is 0 Å². The summed E-state index contributed by atoms with van der Waals surface area (Å²) < 4.78 is 6.88. The van der Waals surface area contributed by atoms with E-state index in [1.54, 1.807) is 36.1 Å². The Labute approximate surface area is 119 Å². The number of aromatic nitrogens is 2. The van der Waals surface area contributed by atoms with Crippen molar-refractivity contribution in [3.63, 3.8) is 0 Å². The van der Waals surface area contributed by atoms with Crippen LogP contribution in [0, 0.1) is 13.8 Å². The topological polar surface area (TPSA) is 44.1 Å². The number of benzene rings is 1. The highest BCUT2D eigenvalue weighted by atomic mass is 16.5. The van der Waals surface area contributed by atoms with Crippen LogP contribution in [0.5, 0.6) is 5.75 Å². The molecule has 0 aliphatic carbocycles. The van der Waals surface area contributed by atoms with Gasteiger partial charge in [0, 0.05) is 11.3 Å². The quantitative estimate of drug-likeness (QED) is 0.786. The van der Waals surface area contributed by atoms with Crippen molar-refractivity contribution in [1.82, 2.24) is 9.78 Å². The molecule has 1 aromatic carbocycles. The van der Waals surface area contributed by atoms with Crippen LogP contribution >= 0.6 is 0 Å². The van der Waals surface area contributed by atoms with Crippen molar-refractivity contribution in [3.05, 3.63) is 46.8 Å². The molecule has 20 heavy (non-hydrogen) atoms. The molecular weight excluding hydrogens is 252 g/mol. The van der Waals surface area contributed by atoms with Gasteiger partial charge in [-0.2, -0.15) is 5.10 Å². The van der Waals surface area contributed by atoms with Gasteiger partial charge in [0.2, 0.25) is 0 Å². The summed E-state index contributed by atoms with van der Waals surface area (Å²) in [5.74, 6) is 0.807. The molecule has 0 spiro atoms. The standard InChI is InChI=1S/C16H20N2O2/c1-5-15-11(2)17-18(12(15)3)10-16(19)13-6-8-14(20-4)9-7-13/h6-9H,5,10H2,1-4H3. The smallest absolute Gasteiger partial charge is 0.184 e. The number of carbonyl (C=O) groups is 1. The minimum atomic E-state index is 0.0564. The highest BCUT2D eigenvalue weighted by Gasteiger charge is 2.13. The van der Waals surface area contributed by atoms with E-state index in [2.05, 4.69) is 12.0 Å². The summed E-state index contributed by atoms with van der Waals surface area (Å²) in [4.78, 5) is 12.3. The molecule has 0 aliphatic heterocycles. The van der Waals surface area contributed by atoms with Gasteiger partial charge in [0.15, 0.2) is 5.78 Å². The van der Waals surface area contributed by atoms with E-state index in [1.807, 2.05) is 13.8 Å². The van der Waals surface area contributed by atoms with Gasteiger partial charge in [-0.3, -0.25) is 9.48 Å². The Hall–Kier alpha value is -2.10. The Balaban J connectivity index is 2.18. The van der Waals surface area contributed by atoms with Crippen molar-refractivity contribution in [3.8, 4) is 5.75 Å². The van der Waals surface area contributed by atoms with Gasteiger partial charge in [0.05, 0.1) is 12.8 Å². The van der Waals surface area contributed by atoms with Crippen molar-refractivity contribution < 1.29 is 9.53 Å². The van der Waals surface area contributed by atoms with Crippen LogP contribution in [0.2, 0.25) is 0 Å². The number of hydrogen-bond acceptors (Lipinski definition) is 3. The van der Waals surface area contributed by atoms with Crippen molar-refractivity contribution in [1.29, 1.82) is 0 Å².